The molecule has 2 aliphatic heterocycles. The molecule has 0 N–H and O–H groups in total. The molecule has 2 aliphatic rings. The Morgan fingerprint density at radius 1 is 0.750 bits per heavy atom. The normalized spacial score (nSPS) is 19.8. The average molecular weight is 443 g/mol. The van der Waals surface area contributed by atoms with Gasteiger partial charge in [-0.2, -0.15) is 0 Å². The number of rotatable bonds is 4. The molecule has 2 aromatic rings. The van der Waals surface area contributed by atoms with Gasteiger partial charge < -0.3 is 0 Å². The quantitative estimate of drug-likeness (QED) is 0.682. The third kappa shape index (κ3) is 3.67. The molecular formula is C22H24N2O3Se. The molecule has 146 valence electrons. The molecule has 0 fully saturated rings. The molecule has 0 saturated heterocycles. The maximum atomic E-state index is 13.7. The van der Waals surface area contributed by atoms with Gasteiger partial charge >= 0.3 is 169 Å². The summed E-state index contributed by atoms with van der Waals surface area (Å²) in [6, 6.07) is 15.3. The van der Waals surface area contributed by atoms with E-state index in [9.17, 15) is 3.83 Å². The van der Waals surface area contributed by atoms with Crippen molar-refractivity contribution in [2.75, 3.05) is 13.2 Å². The molecule has 0 aromatic heterocycles. The second-order valence-corrected chi connectivity index (χ2v) is 11.3. The summed E-state index contributed by atoms with van der Waals surface area (Å²) in [6.07, 6.45) is 0. The predicted octanol–water partition coefficient (Wildman–Crippen LogP) is 2.33. The average Bonchev–Trinajstić information content (AvgIpc) is 3.22. The summed E-state index contributed by atoms with van der Waals surface area (Å²) in [5.41, 5.74) is 1.07. The number of nitrogens with zero attached hydrogens (tertiary/aromatic N) is 2. The van der Waals surface area contributed by atoms with Gasteiger partial charge in [-0.25, -0.2) is 0 Å². The van der Waals surface area contributed by atoms with E-state index in [4.69, 9.17) is 9.47 Å². The molecule has 2 aromatic carbocycles. The van der Waals surface area contributed by atoms with E-state index in [0.717, 1.165) is 20.1 Å². The van der Waals surface area contributed by atoms with Crippen LogP contribution in [0.3, 0.4) is 0 Å². The molecule has 0 unspecified atom stereocenters. The van der Waals surface area contributed by atoms with Crippen molar-refractivity contribution < 1.29 is 13.3 Å². The van der Waals surface area contributed by atoms with E-state index in [2.05, 4.69) is 9.98 Å². The van der Waals surface area contributed by atoms with Crippen LogP contribution in [0.25, 0.3) is 0 Å². The summed E-state index contributed by atoms with van der Waals surface area (Å²) in [5.74, 6) is 1.14. The van der Waals surface area contributed by atoms with Gasteiger partial charge in [0.15, 0.2) is 0 Å². The van der Waals surface area contributed by atoms with Gasteiger partial charge in [0.2, 0.25) is 0 Å². The standard InChI is InChI=1S/C22H24N2O3Se/c1-21(2)13-26-19(23-21)15-9-5-7-11-17(15)28(25)18-12-8-6-10-16(18)20-24-22(3,4)14-27-20/h5-12H,13-14H2,1-4H3. The van der Waals surface area contributed by atoms with Gasteiger partial charge in [0, 0.05) is 0 Å². The van der Waals surface area contributed by atoms with Crippen molar-refractivity contribution in [2.24, 2.45) is 9.98 Å². The second-order valence-electron chi connectivity index (χ2n) is 8.30. The summed E-state index contributed by atoms with van der Waals surface area (Å²) in [5, 5.41) is 0. The second kappa shape index (κ2) is 6.94. The fourth-order valence-electron chi connectivity index (χ4n) is 3.17. The van der Waals surface area contributed by atoms with Gasteiger partial charge in [-0.15, -0.1) is 0 Å². The van der Waals surface area contributed by atoms with Crippen molar-refractivity contribution in [3.05, 3.63) is 59.7 Å². The van der Waals surface area contributed by atoms with E-state index in [1.54, 1.807) is 0 Å². The van der Waals surface area contributed by atoms with Crippen LogP contribution in [0.4, 0.5) is 0 Å². The van der Waals surface area contributed by atoms with Crippen LogP contribution in [-0.4, -0.2) is 49.9 Å². The molecule has 0 bridgehead atoms. The van der Waals surface area contributed by atoms with Crippen LogP contribution in [0.2, 0.25) is 0 Å². The van der Waals surface area contributed by atoms with E-state index >= 15 is 0 Å². The first-order valence-corrected chi connectivity index (χ1v) is 11.7. The monoisotopic (exact) mass is 444 g/mol. The SMILES string of the molecule is CC1(C)COC(c2ccccc2[Se](=O)c2ccccc2C2=NC(C)(C)CO2)=N1. The van der Waals surface area contributed by atoms with Crippen LogP contribution in [0.1, 0.15) is 38.8 Å². The van der Waals surface area contributed by atoms with Gasteiger partial charge in [-0.1, -0.05) is 0 Å². The Morgan fingerprint density at radius 3 is 1.50 bits per heavy atom. The molecule has 0 radical (unpaired) electrons. The third-order valence-corrected chi connectivity index (χ3v) is 7.74. The van der Waals surface area contributed by atoms with Crippen LogP contribution in [-0.2, 0) is 13.3 Å². The van der Waals surface area contributed by atoms with Crippen molar-refractivity contribution in [1.29, 1.82) is 0 Å². The first-order valence-electron chi connectivity index (χ1n) is 9.32. The minimum absolute atomic E-state index is 0.267. The van der Waals surface area contributed by atoms with E-state index < -0.39 is 13.8 Å². The number of hydrogen-bond donors (Lipinski definition) is 0. The fraction of sp³-hybridized carbons (Fsp3) is 0.364. The first-order chi connectivity index (χ1) is 13.3. The third-order valence-electron chi connectivity index (χ3n) is 4.57. The molecule has 0 saturated carbocycles. The van der Waals surface area contributed by atoms with E-state index in [-0.39, 0.29) is 11.1 Å². The van der Waals surface area contributed by atoms with Gasteiger partial charge in [0.25, 0.3) is 0 Å². The van der Waals surface area contributed by atoms with Crippen molar-refractivity contribution in [2.45, 2.75) is 38.8 Å². The van der Waals surface area contributed by atoms with Crippen LogP contribution in [0.15, 0.2) is 58.5 Å². The van der Waals surface area contributed by atoms with Crippen LogP contribution in [0.5, 0.6) is 0 Å². The Labute approximate surface area is 169 Å². The zero-order valence-electron chi connectivity index (χ0n) is 16.6. The van der Waals surface area contributed by atoms with E-state index in [0.29, 0.717) is 25.0 Å². The Hall–Kier alpha value is -2.30. The molecule has 5 nitrogen and oxygen atoms in total. The van der Waals surface area contributed by atoms with Gasteiger partial charge in [0.05, 0.1) is 0 Å². The van der Waals surface area contributed by atoms with Crippen LogP contribution in [0, 0.1) is 0 Å². The van der Waals surface area contributed by atoms with Gasteiger partial charge in [0.1, 0.15) is 0 Å². The van der Waals surface area contributed by atoms with Crippen molar-refractivity contribution in [3.63, 3.8) is 0 Å². The summed E-state index contributed by atoms with van der Waals surface area (Å²) >= 11 is -2.60. The Morgan fingerprint density at radius 2 is 1.14 bits per heavy atom. The molecular weight excluding hydrogens is 419 g/mol. The first kappa shape index (κ1) is 19.0. The maximum absolute atomic E-state index is 13.7. The van der Waals surface area contributed by atoms with Crippen molar-refractivity contribution >= 4 is 34.6 Å². The Balaban J connectivity index is 1.77. The molecule has 0 atom stereocenters. The molecule has 28 heavy (non-hydrogen) atoms. The van der Waals surface area contributed by atoms with Crippen molar-refractivity contribution in [1.82, 2.24) is 0 Å². The predicted molar refractivity (Wildman–Crippen MR) is 112 cm³/mol. The Kier molecular flexibility index (Phi) is 4.72. The fourth-order valence-corrected chi connectivity index (χ4v) is 6.01. The molecule has 2 heterocycles. The van der Waals surface area contributed by atoms with Gasteiger partial charge in [-0.3, -0.25) is 0 Å². The number of aliphatic imine (C=N–C) groups is 2. The molecule has 0 aliphatic carbocycles. The van der Waals surface area contributed by atoms with Crippen LogP contribution < -0.4 is 8.92 Å². The topological polar surface area (TPSA) is 60.2 Å². The molecule has 6 heteroatoms. The van der Waals surface area contributed by atoms with Crippen molar-refractivity contribution in [3.8, 4) is 0 Å². The number of ether oxygens (including phenoxy) is 2. The summed E-state index contributed by atoms with van der Waals surface area (Å²) in [6.45, 7) is 9.16. The van der Waals surface area contributed by atoms with E-state index in [1.165, 1.54) is 0 Å². The van der Waals surface area contributed by atoms with E-state index in [1.807, 2.05) is 76.2 Å². The molecule has 4 rings (SSSR count). The number of benzene rings is 2. The zero-order valence-corrected chi connectivity index (χ0v) is 18.3. The zero-order chi connectivity index (χ0) is 19.9. The molecule has 0 amide bonds. The number of hydrogen-bond acceptors (Lipinski definition) is 5. The summed E-state index contributed by atoms with van der Waals surface area (Å²) in [7, 11) is 0. The van der Waals surface area contributed by atoms with Crippen LogP contribution >= 0.6 is 0 Å². The summed E-state index contributed by atoms with van der Waals surface area (Å²) in [4.78, 5) is 9.35. The Bertz CT molecular complexity index is 929. The minimum atomic E-state index is -2.60. The molecule has 0 spiro atoms. The van der Waals surface area contributed by atoms with Gasteiger partial charge in [-0.05, 0) is 0 Å². The summed E-state index contributed by atoms with van der Waals surface area (Å²) < 4.78 is 26.9.